The number of rotatable bonds is 9. The third-order valence-corrected chi connectivity index (χ3v) is 9.43. The number of amides is 1. The maximum absolute atomic E-state index is 12.6. The van der Waals surface area contributed by atoms with Crippen LogP contribution in [0.3, 0.4) is 0 Å². The monoisotopic (exact) mass is 551 g/mol. The summed E-state index contributed by atoms with van der Waals surface area (Å²) in [5.74, 6) is 0.500. The molecule has 1 N–H and O–H groups in total. The normalized spacial score (nSPS) is 17.6. The van der Waals surface area contributed by atoms with Crippen LogP contribution >= 0.6 is 0 Å². The van der Waals surface area contributed by atoms with E-state index in [0.29, 0.717) is 30.0 Å². The van der Waals surface area contributed by atoms with E-state index in [1.54, 1.807) is 32.0 Å². The van der Waals surface area contributed by atoms with Gasteiger partial charge in [-0.05, 0) is 69.4 Å². The highest BCUT2D eigenvalue weighted by Crippen LogP contribution is 2.43. The van der Waals surface area contributed by atoms with E-state index >= 15 is 0 Å². The van der Waals surface area contributed by atoms with Crippen LogP contribution < -0.4 is 10.1 Å². The molecule has 2 aliphatic rings. The van der Waals surface area contributed by atoms with Gasteiger partial charge in [-0.25, -0.2) is 13.2 Å². The molecular weight excluding hydrogens is 518 g/mol. The number of nitriles is 1. The summed E-state index contributed by atoms with van der Waals surface area (Å²) >= 11 is 0. The standard InChI is InChI=1S/C29H33N3O6S/c1-19(2)38-29(33)31-21-8-6-20(7-9-21)28-26(17-30)25-11-10-23(16-27(25)32(28)22-4-3-5-22)37-14-15-39(34,35)24-12-13-36-18-24/h6-11,16,19,22,24H,3-5,12-15,18H2,1-2H3,(H,31,33). The van der Waals surface area contributed by atoms with Gasteiger partial charge in [-0.1, -0.05) is 12.1 Å². The highest BCUT2D eigenvalue weighted by atomic mass is 32.2. The van der Waals surface area contributed by atoms with E-state index < -0.39 is 21.2 Å². The molecule has 206 valence electrons. The molecule has 1 unspecified atom stereocenters. The third kappa shape index (κ3) is 5.75. The topological polar surface area (TPSA) is 120 Å². The number of nitrogens with one attached hydrogen (secondary N) is 1. The summed E-state index contributed by atoms with van der Waals surface area (Å²) in [6, 6.07) is 15.6. The maximum Gasteiger partial charge on any atom is 0.411 e. The highest BCUT2D eigenvalue weighted by molar-refractivity contribution is 7.92. The van der Waals surface area contributed by atoms with Gasteiger partial charge in [0, 0.05) is 29.8 Å². The van der Waals surface area contributed by atoms with Gasteiger partial charge < -0.3 is 18.8 Å². The van der Waals surface area contributed by atoms with E-state index in [-0.39, 0.29) is 31.1 Å². The van der Waals surface area contributed by atoms with Gasteiger partial charge in [0.25, 0.3) is 0 Å². The van der Waals surface area contributed by atoms with E-state index in [9.17, 15) is 18.5 Å². The summed E-state index contributed by atoms with van der Waals surface area (Å²) in [7, 11) is -3.28. The Morgan fingerprint density at radius 1 is 1.18 bits per heavy atom. The van der Waals surface area contributed by atoms with Crippen LogP contribution in [0.15, 0.2) is 42.5 Å². The number of aromatic nitrogens is 1. The van der Waals surface area contributed by atoms with E-state index in [2.05, 4.69) is 16.0 Å². The number of sulfone groups is 1. The summed E-state index contributed by atoms with van der Waals surface area (Å²) in [4.78, 5) is 12.0. The second-order valence-corrected chi connectivity index (χ2v) is 12.7. The Morgan fingerprint density at radius 2 is 1.95 bits per heavy atom. The summed E-state index contributed by atoms with van der Waals surface area (Å²) < 4.78 is 43.6. The minimum Gasteiger partial charge on any atom is -0.492 e. The summed E-state index contributed by atoms with van der Waals surface area (Å²) in [6.45, 7) is 4.36. The Hall–Kier alpha value is -3.55. The molecular formula is C29H33N3O6S. The molecule has 9 nitrogen and oxygen atoms in total. The molecule has 0 spiro atoms. The van der Waals surface area contributed by atoms with Crippen LogP contribution in [-0.2, 0) is 19.3 Å². The van der Waals surface area contributed by atoms with Crippen LogP contribution in [0.4, 0.5) is 10.5 Å². The molecule has 0 radical (unpaired) electrons. The van der Waals surface area contributed by atoms with E-state index in [1.165, 1.54) is 0 Å². The number of carbonyl (C=O) groups is 1. The molecule has 10 heteroatoms. The Bertz CT molecular complexity index is 1490. The highest BCUT2D eigenvalue weighted by Gasteiger charge is 2.30. The molecule has 2 fully saturated rings. The summed E-state index contributed by atoms with van der Waals surface area (Å²) in [6.07, 6.45) is 2.93. The maximum atomic E-state index is 12.6. The predicted molar refractivity (Wildman–Crippen MR) is 149 cm³/mol. The molecule has 3 aromatic rings. The SMILES string of the molecule is CC(C)OC(=O)Nc1ccc(-c2c(C#N)c3ccc(OCCS(=O)(=O)C4CCOC4)cc3n2C2CCC2)cc1. The van der Waals surface area contributed by atoms with Gasteiger partial charge in [0.15, 0.2) is 9.84 Å². The van der Waals surface area contributed by atoms with Crippen molar-refractivity contribution in [3.8, 4) is 23.1 Å². The van der Waals surface area contributed by atoms with E-state index in [4.69, 9.17) is 14.2 Å². The van der Waals surface area contributed by atoms with Crippen molar-refractivity contribution in [1.82, 2.24) is 4.57 Å². The zero-order valence-electron chi connectivity index (χ0n) is 22.2. The lowest BCUT2D eigenvalue weighted by molar-refractivity contribution is 0.130. The molecule has 1 aliphatic heterocycles. The number of fused-ring (bicyclic) bond motifs is 1. The fraction of sp³-hybridized carbons (Fsp3) is 0.448. The third-order valence-electron chi connectivity index (χ3n) is 7.31. The lowest BCUT2D eigenvalue weighted by Crippen LogP contribution is -2.27. The number of nitrogens with zero attached hydrogens (tertiary/aromatic N) is 2. The van der Waals surface area contributed by atoms with Crippen molar-refractivity contribution in [3.63, 3.8) is 0 Å². The molecule has 1 aliphatic carbocycles. The van der Waals surface area contributed by atoms with Crippen molar-refractivity contribution >= 4 is 32.5 Å². The van der Waals surface area contributed by atoms with Gasteiger partial charge >= 0.3 is 6.09 Å². The fourth-order valence-electron chi connectivity index (χ4n) is 5.11. The molecule has 1 amide bonds. The number of ether oxygens (including phenoxy) is 3. The molecule has 0 bridgehead atoms. The molecule has 1 saturated heterocycles. The van der Waals surface area contributed by atoms with Crippen LogP contribution in [-0.4, -0.2) is 56.0 Å². The Balaban J connectivity index is 1.43. The lowest BCUT2D eigenvalue weighted by atomic mass is 9.92. The fourth-order valence-corrected chi connectivity index (χ4v) is 6.52. The van der Waals surface area contributed by atoms with E-state index in [0.717, 1.165) is 41.4 Å². The largest absolute Gasteiger partial charge is 0.492 e. The van der Waals surface area contributed by atoms with Crippen molar-refractivity contribution in [2.45, 2.75) is 56.9 Å². The van der Waals surface area contributed by atoms with Crippen molar-refractivity contribution in [3.05, 3.63) is 48.0 Å². The van der Waals surface area contributed by atoms with Gasteiger partial charge in [0.1, 0.15) is 18.4 Å². The zero-order chi connectivity index (χ0) is 27.6. The van der Waals surface area contributed by atoms with Crippen molar-refractivity contribution < 1.29 is 27.4 Å². The summed E-state index contributed by atoms with van der Waals surface area (Å²) in [5, 5.41) is 13.3. The molecule has 1 atom stereocenters. The molecule has 5 rings (SSSR count). The van der Waals surface area contributed by atoms with Gasteiger partial charge in [-0.15, -0.1) is 0 Å². The number of benzene rings is 2. The first-order valence-electron chi connectivity index (χ1n) is 13.3. The second-order valence-electron chi connectivity index (χ2n) is 10.3. The molecule has 39 heavy (non-hydrogen) atoms. The number of hydrogen-bond acceptors (Lipinski definition) is 7. The summed E-state index contributed by atoms with van der Waals surface area (Å²) in [5.41, 5.74) is 3.76. The quantitative estimate of drug-likeness (QED) is 0.376. The first-order valence-corrected chi connectivity index (χ1v) is 15.1. The predicted octanol–water partition coefficient (Wildman–Crippen LogP) is 5.44. The van der Waals surface area contributed by atoms with Gasteiger partial charge in [0.05, 0.1) is 40.5 Å². The van der Waals surface area contributed by atoms with Crippen molar-refractivity contribution in [2.24, 2.45) is 0 Å². The average Bonchev–Trinajstić information content (AvgIpc) is 3.51. The average molecular weight is 552 g/mol. The van der Waals surface area contributed by atoms with Crippen LogP contribution in [0.2, 0.25) is 0 Å². The number of anilines is 1. The molecule has 1 aromatic heterocycles. The lowest BCUT2D eigenvalue weighted by Gasteiger charge is -2.30. The van der Waals surface area contributed by atoms with Crippen molar-refractivity contribution in [1.29, 1.82) is 5.26 Å². The van der Waals surface area contributed by atoms with Crippen LogP contribution in [0.5, 0.6) is 5.75 Å². The Kier molecular flexibility index (Phi) is 7.82. The van der Waals surface area contributed by atoms with Gasteiger partial charge in [0.2, 0.25) is 0 Å². The Labute approximate surface area is 228 Å². The molecule has 1 saturated carbocycles. The number of hydrogen-bond donors (Lipinski definition) is 1. The van der Waals surface area contributed by atoms with Gasteiger partial charge in [-0.3, -0.25) is 5.32 Å². The van der Waals surface area contributed by atoms with Crippen LogP contribution in [0.1, 0.15) is 51.1 Å². The molecule has 2 aromatic carbocycles. The first kappa shape index (κ1) is 27.0. The second kappa shape index (κ2) is 11.3. The smallest absolute Gasteiger partial charge is 0.411 e. The zero-order valence-corrected chi connectivity index (χ0v) is 23.0. The number of carbonyl (C=O) groups excluding carboxylic acids is 1. The van der Waals surface area contributed by atoms with Crippen LogP contribution in [0.25, 0.3) is 22.2 Å². The molecule has 2 heterocycles. The van der Waals surface area contributed by atoms with Crippen LogP contribution in [0, 0.1) is 11.3 Å². The minimum atomic E-state index is -3.28. The first-order chi connectivity index (χ1) is 18.8. The minimum absolute atomic E-state index is 0.0557. The van der Waals surface area contributed by atoms with Gasteiger partial charge in [-0.2, -0.15) is 5.26 Å². The Morgan fingerprint density at radius 3 is 2.56 bits per heavy atom. The van der Waals surface area contributed by atoms with E-state index in [1.807, 2.05) is 24.3 Å². The van der Waals surface area contributed by atoms with Crippen molar-refractivity contribution in [2.75, 3.05) is 30.9 Å².